The van der Waals surface area contributed by atoms with E-state index in [4.69, 9.17) is 14.2 Å². The van der Waals surface area contributed by atoms with Gasteiger partial charge in [-0.3, -0.25) is 19.8 Å². The summed E-state index contributed by atoms with van der Waals surface area (Å²) in [6.45, 7) is 0. The van der Waals surface area contributed by atoms with Gasteiger partial charge in [0.25, 0.3) is 5.56 Å². The van der Waals surface area contributed by atoms with Crippen LogP contribution in [0.5, 0.6) is 17.2 Å². The molecule has 3 N–H and O–H groups in total. The third-order valence-corrected chi connectivity index (χ3v) is 5.17. The van der Waals surface area contributed by atoms with Crippen molar-refractivity contribution in [1.29, 1.82) is 0 Å². The number of anilines is 1. The van der Waals surface area contributed by atoms with E-state index in [0.717, 1.165) is 18.5 Å². The Labute approximate surface area is 155 Å². The van der Waals surface area contributed by atoms with E-state index in [9.17, 15) is 9.59 Å². The van der Waals surface area contributed by atoms with Crippen LogP contribution < -0.4 is 25.1 Å². The van der Waals surface area contributed by atoms with Crippen molar-refractivity contribution in [2.75, 3.05) is 26.6 Å². The third-order valence-electron chi connectivity index (χ3n) is 5.17. The summed E-state index contributed by atoms with van der Waals surface area (Å²) in [5.41, 5.74) is 2.34. The zero-order valence-corrected chi connectivity index (χ0v) is 15.4. The number of ketones is 1. The first kappa shape index (κ1) is 17.3. The zero-order chi connectivity index (χ0) is 19.1. The molecule has 1 aliphatic heterocycles. The summed E-state index contributed by atoms with van der Waals surface area (Å²) in [5.74, 6) is 1.61. The summed E-state index contributed by atoms with van der Waals surface area (Å²) in [6, 6.07) is 3.49. The van der Waals surface area contributed by atoms with Gasteiger partial charge in [0, 0.05) is 29.3 Å². The van der Waals surface area contributed by atoms with Crippen LogP contribution in [0.4, 0.5) is 5.82 Å². The van der Waals surface area contributed by atoms with Crippen LogP contribution in [0.3, 0.4) is 0 Å². The number of fused-ring (bicyclic) bond motifs is 1. The zero-order valence-electron chi connectivity index (χ0n) is 15.4. The van der Waals surface area contributed by atoms with Gasteiger partial charge in [-0.15, -0.1) is 0 Å². The maximum absolute atomic E-state index is 12.8. The fourth-order valence-corrected chi connectivity index (χ4v) is 3.95. The molecule has 0 spiro atoms. The largest absolute Gasteiger partial charge is 0.496 e. The molecule has 2 heterocycles. The molecule has 142 valence electrons. The number of benzene rings is 1. The summed E-state index contributed by atoms with van der Waals surface area (Å²) >= 11 is 0. The molecule has 0 radical (unpaired) electrons. The van der Waals surface area contributed by atoms with Gasteiger partial charge in [0.05, 0.1) is 32.8 Å². The van der Waals surface area contributed by atoms with Crippen molar-refractivity contribution in [3.8, 4) is 17.2 Å². The standard InChI is InChI=1S/C19H21N3O5/c1-25-12-8-14(27-3)13(26-2)7-9(12)15-16-10(5-4-6-11(16)23)20-18-17(15)19(24)22-21-18/h7-8,15H,4-6H2,1-3H3,(H3,20,21,22,24)/t15-/m1/s1. The fraction of sp³-hybridized carbons (Fsp3) is 0.368. The highest BCUT2D eigenvalue weighted by Gasteiger charge is 2.39. The van der Waals surface area contributed by atoms with Gasteiger partial charge in [0.15, 0.2) is 17.3 Å². The Bertz CT molecular complexity index is 1000. The Hall–Kier alpha value is -3.16. The van der Waals surface area contributed by atoms with Gasteiger partial charge in [-0.05, 0) is 18.9 Å². The van der Waals surface area contributed by atoms with E-state index >= 15 is 0 Å². The van der Waals surface area contributed by atoms with Crippen molar-refractivity contribution < 1.29 is 19.0 Å². The molecule has 8 nitrogen and oxygen atoms in total. The number of aromatic nitrogens is 2. The van der Waals surface area contributed by atoms with E-state index in [1.807, 2.05) is 0 Å². The lowest BCUT2D eigenvalue weighted by Gasteiger charge is -2.32. The molecular weight excluding hydrogens is 350 g/mol. The minimum absolute atomic E-state index is 0.0387. The molecule has 2 aromatic rings. The highest BCUT2D eigenvalue weighted by atomic mass is 16.5. The molecule has 0 unspecified atom stereocenters. The number of ether oxygens (including phenoxy) is 3. The molecule has 1 aromatic carbocycles. The SMILES string of the molecule is COc1cc(OC)c([C@@H]2C3=C(CCCC3=O)Nc3[nH][nH]c(=O)c32)cc1OC. The van der Waals surface area contributed by atoms with E-state index in [1.165, 1.54) is 0 Å². The summed E-state index contributed by atoms with van der Waals surface area (Å²) in [7, 11) is 4.63. The summed E-state index contributed by atoms with van der Waals surface area (Å²) in [4.78, 5) is 25.4. The minimum atomic E-state index is -0.547. The first-order valence-corrected chi connectivity index (χ1v) is 8.72. The quantitative estimate of drug-likeness (QED) is 0.762. The lowest BCUT2D eigenvalue weighted by atomic mass is 9.76. The second kappa shape index (κ2) is 6.53. The molecule has 2 aliphatic rings. The number of aromatic amines is 2. The number of carbonyl (C=O) groups excluding carboxylic acids is 1. The Balaban J connectivity index is 2.01. The second-order valence-corrected chi connectivity index (χ2v) is 6.54. The van der Waals surface area contributed by atoms with Crippen LogP contribution in [0.1, 0.15) is 36.3 Å². The number of H-pyrrole nitrogens is 2. The number of methoxy groups -OCH3 is 3. The van der Waals surface area contributed by atoms with Crippen molar-refractivity contribution in [2.24, 2.45) is 0 Å². The molecule has 8 heteroatoms. The van der Waals surface area contributed by atoms with E-state index in [-0.39, 0.29) is 11.3 Å². The molecule has 4 rings (SSSR count). The molecule has 0 bridgehead atoms. The van der Waals surface area contributed by atoms with Crippen molar-refractivity contribution in [3.05, 3.63) is 44.9 Å². The Morgan fingerprint density at radius 1 is 0.926 bits per heavy atom. The topological polar surface area (TPSA) is 105 Å². The molecular formula is C19H21N3O5. The first-order valence-electron chi connectivity index (χ1n) is 8.72. The van der Waals surface area contributed by atoms with Crippen molar-refractivity contribution in [2.45, 2.75) is 25.2 Å². The van der Waals surface area contributed by atoms with E-state index in [1.54, 1.807) is 33.5 Å². The molecule has 0 saturated heterocycles. The van der Waals surface area contributed by atoms with Crippen LogP contribution in [-0.4, -0.2) is 37.3 Å². The van der Waals surface area contributed by atoms with Gasteiger partial charge < -0.3 is 19.5 Å². The molecule has 1 aliphatic carbocycles. The normalized spacial score (nSPS) is 18.5. The number of Topliss-reactive ketones (excluding diaryl/α,β-unsaturated/α-hetero) is 1. The Morgan fingerprint density at radius 2 is 1.63 bits per heavy atom. The molecule has 0 fully saturated rings. The van der Waals surface area contributed by atoms with E-state index in [0.29, 0.717) is 46.2 Å². The van der Waals surface area contributed by atoms with Gasteiger partial charge in [0.1, 0.15) is 11.6 Å². The van der Waals surface area contributed by atoms with Crippen LogP contribution in [0.15, 0.2) is 28.2 Å². The molecule has 1 aromatic heterocycles. The summed E-state index contributed by atoms with van der Waals surface area (Å²) < 4.78 is 16.4. The minimum Gasteiger partial charge on any atom is -0.496 e. The van der Waals surface area contributed by atoms with Crippen LogP contribution in [0.25, 0.3) is 0 Å². The van der Waals surface area contributed by atoms with Gasteiger partial charge in [-0.25, -0.2) is 0 Å². The Morgan fingerprint density at radius 3 is 2.33 bits per heavy atom. The number of allylic oxidation sites excluding steroid dienone is 2. The monoisotopic (exact) mass is 371 g/mol. The second-order valence-electron chi connectivity index (χ2n) is 6.54. The predicted molar refractivity (Wildman–Crippen MR) is 98.9 cm³/mol. The molecule has 0 amide bonds. The van der Waals surface area contributed by atoms with E-state index in [2.05, 4.69) is 15.5 Å². The number of hydrogen-bond donors (Lipinski definition) is 3. The maximum Gasteiger partial charge on any atom is 0.270 e. The lowest BCUT2D eigenvalue weighted by molar-refractivity contribution is -0.116. The van der Waals surface area contributed by atoms with Crippen molar-refractivity contribution in [3.63, 3.8) is 0 Å². The van der Waals surface area contributed by atoms with Crippen LogP contribution in [0, 0.1) is 0 Å². The molecule has 1 atom stereocenters. The average molecular weight is 371 g/mol. The summed E-state index contributed by atoms with van der Waals surface area (Å²) in [5, 5.41) is 8.70. The van der Waals surface area contributed by atoms with Crippen molar-refractivity contribution >= 4 is 11.6 Å². The first-order chi connectivity index (χ1) is 13.1. The van der Waals surface area contributed by atoms with Crippen molar-refractivity contribution in [1.82, 2.24) is 10.2 Å². The van der Waals surface area contributed by atoms with E-state index < -0.39 is 5.92 Å². The smallest absolute Gasteiger partial charge is 0.270 e. The number of carbonyl (C=O) groups is 1. The molecule has 27 heavy (non-hydrogen) atoms. The van der Waals surface area contributed by atoms with Gasteiger partial charge >= 0.3 is 0 Å². The summed E-state index contributed by atoms with van der Waals surface area (Å²) in [6.07, 6.45) is 1.99. The highest BCUT2D eigenvalue weighted by molar-refractivity contribution is 6.01. The predicted octanol–water partition coefficient (Wildman–Crippen LogP) is 2.29. The third kappa shape index (κ3) is 2.59. The van der Waals surface area contributed by atoms with Gasteiger partial charge in [-0.2, -0.15) is 0 Å². The maximum atomic E-state index is 12.8. The van der Waals surface area contributed by atoms with Crippen LogP contribution >= 0.6 is 0 Å². The number of hydrogen-bond acceptors (Lipinski definition) is 6. The average Bonchev–Trinajstić information content (AvgIpc) is 3.06. The van der Waals surface area contributed by atoms with Gasteiger partial charge in [0.2, 0.25) is 0 Å². The van der Waals surface area contributed by atoms with Gasteiger partial charge in [-0.1, -0.05) is 0 Å². The number of rotatable bonds is 4. The van der Waals surface area contributed by atoms with Crippen LogP contribution in [0.2, 0.25) is 0 Å². The fourth-order valence-electron chi connectivity index (χ4n) is 3.95. The highest BCUT2D eigenvalue weighted by Crippen LogP contribution is 2.48. The number of nitrogens with one attached hydrogen (secondary N) is 3. The van der Waals surface area contributed by atoms with Crippen LogP contribution in [-0.2, 0) is 4.79 Å². The molecule has 0 saturated carbocycles. The lowest BCUT2D eigenvalue weighted by Crippen LogP contribution is -2.29. The Kier molecular flexibility index (Phi) is 4.18.